The van der Waals surface area contributed by atoms with E-state index in [2.05, 4.69) is 41.5 Å². The molecule has 0 aliphatic heterocycles. The van der Waals surface area contributed by atoms with Crippen LogP contribution in [-0.4, -0.2) is 24.4 Å². The van der Waals surface area contributed by atoms with Crippen LogP contribution in [0.15, 0.2) is 0 Å². The van der Waals surface area contributed by atoms with E-state index in [1.54, 1.807) is 0 Å². The lowest BCUT2D eigenvalue weighted by molar-refractivity contribution is -0.0219. The molecular weight excluding hydrogens is 260 g/mol. The van der Waals surface area contributed by atoms with Gasteiger partial charge in [0.05, 0.1) is 11.2 Å². The van der Waals surface area contributed by atoms with Gasteiger partial charge in [0.2, 0.25) is 0 Å². The van der Waals surface area contributed by atoms with Crippen LogP contribution >= 0.6 is 0 Å². The summed E-state index contributed by atoms with van der Waals surface area (Å²) in [6.07, 6.45) is 11.2. The van der Waals surface area contributed by atoms with Crippen molar-refractivity contribution in [2.24, 2.45) is 0 Å². The molecule has 0 spiro atoms. The van der Waals surface area contributed by atoms with Crippen molar-refractivity contribution in [1.82, 2.24) is 0 Å². The number of hydrogen-bond acceptors (Lipinski definition) is 2. The summed E-state index contributed by atoms with van der Waals surface area (Å²) in [5, 5.41) is 0. The fourth-order valence-electron chi connectivity index (χ4n) is 1.99. The molecule has 0 radical (unpaired) electrons. The normalized spacial score (nSPS) is 12.9. The van der Waals surface area contributed by atoms with Gasteiger partial charge < -0.3 is 9.47 Å². The van der Waals surface area contributed by atoms with Gasteiger partial charge in [-0.1, -0.05) is 46.0 Å². The second kappa shape index (κ2) is 11.5. The van der Waals surface area contributed by atoms with E-state index in [9.17, 15) is 0 Å². The molecule has 0 aliphatic rings. The van der Waals surface area contributed by atoms with Crippen molar-refractivity contribution in [2.45, 2.75) is 111 Å². The molecule has 0 saturated carbocycles. The topological polar surface area (TPSA) is 18.5 Å². The summed E-state index contributed by atoms with van der Waals surface area (Å²) in [4.78, 5) is 0. The molecule has 0 rings (SSSR count). The van der Waals surface area contributed by atoms with Crippen LogP contribution in [0.3, 0.4) is 0 Å². The summed E-state index contributed by atoms with van der Waals surface area (Å²) < 4.78 is 11.7. The van der Waals surface area contributed by atoms with E-state index in [4.69, 9.17) is 9.47 Å². The van der Waals surface area contributed by atoms with Gasteiger partial charge in [0.15, 0.2) is 0 Å². The molecule has 2 heteroatoms. The van der Waals surface area contributed by atoms with E-state index in [1.165, 1.54) is 44.9 Å². The van der Waals surface area contributed by atoms with Gasteiger partial charge in [-0.25, -0.2) is 0 Å². The van der Waals surface area contributed by atoms with Crippen LogP contribution in [0.4, 0.5) is 0 Å². The molecule has 0 bridgehead atoms. The summed E-state index contributed by atoms with van der Waals surface area (Å²) in [6.45, 7) is 14.9. The van der Waals surface area contributed by atoms with Crippen LogP contribution in [0.5, 0.6) is 0 Å². The number of unbranched alkanes of at least 4 members (excludes halogenated alkanes) is 6. The van der Waals surface area contributed by atoms with Gasteiger partial charge in [0.25, 0.3) is 0 Å². The average Bonchev–Trinajstić information content (AvgIpc) is 2.44. The van der Waals surface area contributed by atoms with E-state index >= 15 is 0 Å². The van der Waals surface area contributed by atoms with Crippen molar-refractivity contribution < 1.29 is 9.47 Å². The first-order valence-corrected chi connectivity index (χ1v) is 9.11. The van der Waals surface area contributed by atoms with Gasteiger partial charge in [-0.3, -0.25) is 0 Å². The van der Waals surface area contributed by atoms with Crippen LogP contribution in [0.25, 0.3) is 0 Å². The first kappa shape index (κ1) is 20.9. The zero-order valence-corrected chi connectivity index (χ0v) is 15.6. The van der Waals surface area contributed by atoms with Crippen molar-refractivity contribution in [3.8, 4) is 0 Å². The molecule has 21 heavy (non-hydrogen) atoms. The van der Waals surface area contributed by atoms with Crippen molar-refractivity contribution in [2.75, 3.05) is 13.2 Å². The molecular formula is C19H40O2. The Bertz CT molecular complexity index is 210. The fraction of sp³-hybridized carbons (Fsp3) is 1.00. The minimum absolute atomic E-state index is 0.0618. The zero-order chi connectivity index (χ0) is 16.2. The predicted molar refractivity (Wildman–Crippen MR) is 93.0 cm³/mol. The standard InChI is InChI=1S/C19H40O2/c1-7-18(3,4)20-16-14-12-10-9-11-13-15-17-21-19(5,6)8-2/h7-17H2,1-6H3. The minimum atomic E-state index is 0.0618. The van der Waals surface area contributed by atoms with Gasteiger partial charge in [-0.2, -0.15) is 0 Å². The Hall–Kier alpha value is -0.0800. The quantitative estimate of drug-likeness (QED) is 0.359. The van der Waals surface area contributed by atoms with Crippen molar-refractivity contribution in [3.63, 3.8) is 0 Å². The Labute approximate surface area is 134 Å². The van der Waals surface area contributed by atoms with Crippen LogP contribution in [0, 0.1) is 0 Å². The van der Waals surface area contributed by atoms with E-state index < -0.39 is 0 Å². The Morgan fingerprint density at radius 3 is 1.10 bits per heavy atom. The fourth-order valence-corrected chi connectivity index (χ4v) is 1.99. The molecule has 2 nitrogen and oxygen atoms in total. The summed E-state index contributed by atoms with van der Waals surface area (Å²) in [5.41, 5.74) is 0.124. The summed E-state index contributed by atoms with van der Waals surface area (Å²) >= 11 is 0. The van der Waals surface area contributed by atoms with Crippen molar-refractivity contribution in [3.05, 3.63) is 0 Å². The molecule has 0 amide bonds. The number of hydrogen-bond donors (Lipinski definition) is 0. The third-order valence-electron chi connectivity index (χ3n) is 4.48. The Morgan fingerprint density at radius 1 is 0.524 bits per heavy atom. The highest BCUT2D eigenvalue weighted by atomic mass is 16.5. The third kappa shape index (κ3) is 13.3. The maximum Gasteiger partial charge on any atom is 0.0623 e. The van der Waals surface area contributed by atoms with Crippen LogP contribution in [0.2, 0.25) is 0 Å². The van der Waals surface area contributed by atoms with Crippen molar-refractivity contribution in [1.29, 1.82) is 0 Å². The first-order valence-electron chi connectivity index (χ1n) is 9.11. The first-order chi connectivity index (χ1) is 9.83. The highest BCUT2D eigenvalue weighted by Gasteiger charge is 2.14. The molecule has 128 valence electrons. The monoisotopic (exact) mass is 300 g/mol. The number of ether oxygens (including phenoxy) is 2. The van der Waals surface area contributed by atoms with Gasteiger partial charge in [0, 0.05) is 13.2 Å². The lowest BCUT2D eigenvalue weighted by atomic mass is 10.1. The second-order valence-corrected chi connectivity index (χ2v) is 7.40. The average molecular weight is 301 g/mol. The molecule has 0 aliphatic carbocycles. The van der Waals surface area contributed by atoms with E-state index in [0.717, 1.165) is 26.1 Å². The SMILES string of the molecule is CCC(C)(C)OCCCCCCCCCOC(C)(C)CC. The molecule has 0 heterocycles. The maximum atomic E-state index is 5.86. The number of rotatable bonds is 14. The molecule has 0 aromatic heterocycles. The summed E-state index contributed by atoms with van der Waals surface area (Å²) in [6, 6.07) is 0. The highest BCUT2D eigenvalue weighted by Crippen LogP contribution is 2.16. The van der Waals surface area contributed by atoms with Gasteiger partial charge in [0.1, 0.15) is 0 Å². The summed E-state index contributed by atoms with van der Waals surface area (Å²) in [7, 11) is 0. The predicted octanol–water partition coefficient (Wildman–Crippen LogP) is 6.13. The lowest BCUT2D eigenvalue weighted by Crippen LogP contribution is -2.23. The lowest BCUT2D eigenvalue weighted by Gasteiger charge is -2.23. The van der Waals surface area contributed by atoms with Gasteiger partial charge >= 0.3 is 0 Å². The Morgan fingerprint density at radius 2 is 0.810 bits per heavy atom. The van der Waals surface area contributed by atoms with Crippen LogP contribution in [0.1, 0.15) is 99.3 Å². The summed E-state index contributed by atoms with van der Waals surface area (Å²) in [5.74, 6) is 0. The minimum Gasteiger partial charge on any atom is -0.376 e. The van der Waals surface area contributed by atoms with E-state index in [1.807, 2.05) is 0 Å². The molecule has 0 fully saturated rings. The largest absolute Gasteiger partial charge is 0.376 e. The zero-order valence-electron chi connectivity index (χ0n) is 15.6. The van der Waals surface area contributed by atoms with E-state index in [0.29, 0.717) is 0 Å². The Balaban J connectivity index is 3.23. The third-order valence-corrected chi connectivity index (χ3v) is 4.48. The molecule has 0 N–H and O–H groups in total. The van der Waals surface area contributed by atoms with Crippen LogP contribution in [-0.2, 0) is 9.47 Å². The maximum absolute atomic E-state index is 5.86. The Kier molecular flexibility index (Phi) is 11.4. The molecule has 0 unspecified atom stereocenters. The highest BCUT2D eigenvalue weighted by molar-refractivity contribution is 4.65. The van der Waals surface area contributed by atoms with Crippen LogP contribution < -0.4 is 0 Å². The smallest absolute Gasteiger partial charge is 0.0623 e. The molecule has 0 atom stereocenters. The second-order valence-electron chi connectivity index (χ2n) is 7.40. The molecule has 0 saturated heterocycles. The van der Waals surface area contributed by atoms with E-state index in [-0.39, 0.29) is 11.2 Å². The van der Waals surface area contributed by atoms with Crippen molar-refractivity contribution >= 4 is 0 Å². The van der Waals surface area contributed by atoms with Gasteiger partial charge in [-0.15, -0.1) is 0 Å². The van der Waals surface area contributed by atoms with Gasteiger partial charge in [-0.05, 0) is 53.4 Å². The molecule has 0 aromatic rings. The molecule has 0 aromatic carbocycles.